The number of rotatable bonds is 1. The molecule has 1 aromatic heterocycles. The van der Waals surface area contributed by atoms with Crippen LogP contribution in [0.3, 0.4) is 0 Å². The summed E-state index contributed by atoms with van der Waals surface area (Å²) >= 11 is 5.32. The van der Waals surface area contributed by atoms with E-state index in [0.717, 1.165) is 0 Å². The molecule has 0 aliphatic carbocycles. The van der Waals surface area contributed by atoms with Gasteiger partial charge in [0, 0.05) is 0 Å². The van der Waals surface area contributed by atoms with Gasteiger partial charge in [0.1, 0.15) is 5.15 Å². The van der Waals surface area contributed by atoms with Gasteiger partial charge in [-0.15, -0.1) is 0 Å². The van der Waals surface area contributed by atoms with Crippen LogP contribution in [0.25, 0.3) is 0 Å². The van der Waals surface area contributed by atoms with Crippen LogP contribution in [0.15, 0.2) is 12.1 Å². The fourth-order valence-corrected chi connectivity index (χ4v) is 0.684. The first-order valence-corrected chi connectivity index (χ1v) is 2.70. The van der Waals surface area contributed by atoms with E-state index < -0.39 is 6.43 Å². The molecular formula is C5H4ClF2N. The minimum absolute atomic E-state index is 0.139. The van der Waals surface area contributed by atoms with E-state index in [2.05, 4.69) is 4.98 Å². The van der Waals surface area contributed by atoms with E-state index in [-0.39, 0.29) is 10.8 Å². The summed E-state index contributed by atoms with van der Waals surface area (Å²) in [6, 6.07) is 2.65. The molecule has 1 heterocycles. The Labute approximate surface area is 55.6 Å². The molecule has 0 aromatic carbocycles. The Balaban J connectivity index is 2.85. The summed E-state index contributed by atoms with van der Waals surface area (Å²) in [5.41, 5.74) is -0.139. The predicted octanol–water partition coefficient (Wildman–Crippen LogP) is 2.61. The molecule has 0 unspecified atom stereocenters. The van der Waals surface area contributed by atoms with Crippen molar-refractivity contribution in [1.29, 1.82) is 0 Å². The molecule has 0 aliphatic heterocycles. The van der Waals surface area contributed by atoms with Gasteiger partial charge in [0.05, 0.1) is 5.69 Å². The number of alkyl halides is 2. The van der Waals surface area contributed by atoms with Crippen LogP contribution in [0.2, 0.25) is 5.15 Å². The van der Waals surface area contributed by atoms with E-state index in [4.69, 9.17) is 11.6 Å². The van der Waals surface area contributed by atoms with E-state index in [9.17, 15) is 8.78 Å². The van der Waals surface area contributed by atoms with E-state index >= 15 is 0 Å². The molecule has 1 aromatic rings. The molecule has 1 rings (SSSR count). The van der Waals surface area contributed by atoms with Crippen molar-refractivity contribution in [1.82, 2.24) is 4.98 Å². The highest BCUT2D eigenvalue weighted by atomic mass is 35.5. The second-order valence-electron chi connectivity index (χ2n) is 1.56. The molecule has 0 fully saturated rings. The molecule has 0 saturated carbocycles. The zero-order valence-electron chi connectivity index (χ0n) is 4.37. The molecule has 0 radical (unpaired) electrons. The van der Waals surface area contributed by atoms with Gasteiger partial charge in [-0.25, -0.2) is 8.78 Å². The number of halogens is 3. The van der Waals surface area contributed by atoms with Crippen LogP contribution in [-0.4, -0.2) is 4.98 Å². The third kappa shape index (κ3) is 1.42. The second kappa shape index (κ2) is 2.35. The highest BCUT2D eigenvalue weighted by Gasteiger charge is 2.07. The maximum absolute atomic E-state index is 11.7. The highest BCUT2D eigenvalue weighted by Crippen LogP contribution is 2.18. The summed E-state index contributed by atoms with van der Waals surface area (Å²) < 4.78 is 23.4. The zero-order chi connectivity index (χ0) is 6.85. The van der Waals surface area contributed by atoms with Gasteiger partial charge in [0.15, 0.2) is 0 Å². The Bertz CT molecular complexity index is 197. The van der Waals surface area contributed by atoms with Crippen molar-refractivity contribution in [3.63, 3.8) is 0 Å². The molecule has 0 amide bonds. The topological polar surface area (TPSA) is 15.8 Å². The fraction of sp³-hybridized carbons (Fsp3) is 0.200. The van der Waals surface area contributed by atoms with Crippen molar-refractivity contribution >= 4 is 11.6 Å². The summed E-state index contributed by atoms with van der Waals surface area (Å²) in [5.74, 6) is 0. The first-order valence-electron chi connectivity index (χ1n) is 2.32. The molecule has 4 heteroatoms. The SMILES string of the molecule is FC(F)c1ccc(Cl)[nH]1. The first kappa shape index (κ1) is 6.55. The van der Waals surface area contributed by atoms with E-state index in [1.54, 1.807) is 0 Å². The Morgan fingerprint density at radius 3 is 2.33 bits per heavy atom. The molecule has 0 aliphatic rings. The van der Waals surface area contributed by atoms with Crippen molar-refractivity contribution in [2.75, 3.05) is 0 Å². The second-order valence-corrected chi connectivity index (χ2v) is 1.97. The van der Waals surface area contributed by atoms with Crippen LogP contribution in [0.4, 0.5) is 8.78 Å². The number of hydrogen-bond acceptors (Lipinski definition) is 0. The smallest absolute Gasteiger partial charge is 0.278 e. The van der Waals surface area contributed by atoms with Crippen molar-refractivity contribution in [3.05, 3.63) is 23.0 Å². The van der Waals surface area contributed by atoms with Gasteiger partial charge in [-0.1, -0.05) is 11.6 Å². The Hall–Kier alpha value is -0.570. The summed E-state index contributed by atoms with van der Waals surface area (Å²) in [6.07, 6.45) is -2.46. The van der Waals surface area contributed by atoms with Gasteiger partial charge in [-0.05, 0) is 12.1 Å². The van der Waals surface area contributed by atoms with Crippen LogP contribution >= 0.6 is 11.6 Å². The molecular weight excluding hydrogens is 148 g/mol. The zero-order valence-corrected chi connectivity index (χ0v) is 5.12. The van der Waals surface area contributed by atoms with Crippen molar-refractivity contribution in [2.24, 2.45) is 0 Å². The quantitative estimate of drug-likeness (QED) is 0.635. The minimum atomic E-state index is -2.46. The summed E-state index contributed by atoms with van der Waals surface area (Å²) in [7, 11) is 0. The van der Waals surface area contributed by atoms with Gasteiger partial charge >= 0.3 is 0 Å². The summed E-state index contributed by atoms with van der Waals surface area (Å²) in [5, 5.41) is 0.241. The third-order valence-corrected chi connectivity index (χ3v) is 1.13. The van der Waals surface area contributed by atoms with Gasteiger partial charge in [0.25, 0.3) is 6.43 Å². The predicted molar refractivity (Wildman–Crippen MR) is 30.8 cm³/mol. The summed E-state index contributed by atoms with van der Waals surface area (Å²) in [6.45, 7) is 0. The number of nitrogens with one attached hydrogen (secondary N) is 1. The molecule has 0 spiro atoms. The van der Waals surface area contributed by atoms with Crippen LogP contribution in [0.5, 0.6) is 0 Å². The van der Waals surface area contributed by atoms with Gasteiger partial charge in [-0.3, -0.25) is 0 Å². The van der Waals surface area contributed by atoms with Gasteiger partial charge < -0.3 is 4.98 Å². The first-order chi connectivity index (χ1) is 4.20. The van der Waals surface area contributed by atoms with Crippen LogP contribution in [-0.2, 0) is 0 Å². The van der Waals surface area contributed by atoms with Crippen molar-refractivity contribution in [3.8, 4) is 0 Å². The maximum Gasteiger partial charge on any atom is 0.278 e. The van der Waals surface area contributed by atoms with E-state index in [1.165, 1.54) is 12.1 Å². The Morgan fingerprint density at radius 1 is 1.44 bits per heavy atom. The highest BCUT2D eigenvalue weighted by molar-refractivity contribution is 6.29. The molecule has 1 N–H and O–H groups in total. The van der Waals surface area contributed by atoms with Crippen LogP contribution in [0.1, 0.15) is 12.1 Å². The molecule has 0 atom stereocenters. The summed E-state index contributed by atoms with van der Waals surface area (Å²) in [4.78, 5) is 2.29. The molecule has 50 valence electrons. The third-order valence-electron chi connectivity index (χ3n) is 0.908. The number of aromatic nitrogens is 1. The average molecular weight is 152 g/mol. The van der Waals surface area contributed by atoms with Crippen molar-refractivity contribution in [2.45, 2.75) is 6.43 Å². The average Bonchev–Trinajstić information content (AvgIpc) is 2.14. The monoisotopic (exact) mass is 151 g/mol. The fourth-order valence-electron chi connectivity index (χ4n) is 0.511. The van der Waals surface area contributed by atoms with Crippen molar-refractivity contribution < 1.29 is 8.78 Å². The molecule has 0 saturated heterocycles. The standard InChI is InChI=1S/C5H4ClF2N/c6-4-2-1-3(9-4)5(7)8/h1-2,5,9H. The van der Waals surface area contributed by atoms with Gasteiger partial charge in [-0.2, -0.15) is 0 Å². The van der Waals surface area contributed by atoms with E-state index in [0.29, 0.717) is 0 Å². The lowest BCUT2D eigenvalue weighted by molar-refractivity contribution is 0.147. The number of hydrogen-bond donors (Lipinski definition) is 1. The Morgan fingerprint density at radius 2 is 2.11 bits per heavy atom. The molecule has 9 heavy (non-hydrogen) atoms. The lowest BCUT2D eigenvalue weighted by Crippen LogP contribution is -1.80. The normalized spacial score (nSPS) is 10.7. The largest absolute Gasteiger partial charge is 0.345 e. The minimum Gasteiger partial charge on any atom is -0.345 e. The lowest BCUT2D eigenvalue weighted by Gasteiger charge is -1.89. The van der Waals surface area contributed by atoms with E-state index in [1.807, 2.05) is 0 Å². The lowest BCUT2D eigenvalue weighted by atomic mass is 10.5. The number of H-pyrrole nitrogens is 1. The number of aromatic amines is 1. The maximum atomic E-state index is 11.7. The molecule has 1 nitrogen and oxygen atoms in total. The Kier molecular flexibility index (Phi) is 1.71. The van der Waals surface area contributed by atoms with Crippen LogP contribution < -0.4 is 0 Å². The van der Waals surface area contributed by atoms with Crippen LogP contribution in [0, 0.1) is 0 Å². The van der Waals surface area contributed by atoms with Gasteiger partial charge in [0.2, 0.25) is 0 Å². The molecule has 0 bridgehead atoms.